The van der Waals surface area contributed by atoms with Crippen LogP contribution in [0.5, 0.6) is 0 Å². The molecule has 2 atom stereocenters. The molecule has 5 nitrogen and oxygen atoms in total. The molecule has 5 heteroatoms. The number of carboxylic acids is 2. The second-order valence-electron chi connectivity index (χ2n) is 5.49. The van der Waals surface area contributed by atoms with Gasteiger partial charge in [-0.15, -0.1) is 0 Å². The van der Waals surface area contributed by atoms with Gasteiger partial charge in [-0.2, -0.15) is 0 Å². The minimum absolute atomic E-state index is 0.230. The van der Waals surface area contributed by atoms with Crippen LogP contribution in [-0.4, -0.2) is 35.4 Å². The van der Waals surface area contributed by atoms with Gasteiger partial charge in [-0.25, -0.2) is 0 Å². The third kappa shape index (κ3) is 10.3. The first-order chi connectivity index (χ1) is 10.0. The summed E-state index contributed by atoms with van der Waals surface area (Å²) >= 11 is 0. The molecule has 0 aliphatic heterocycles. The average Bonchev–Trinajstić information content (AvgIpc) is 2.44. The van der Waals surface area contributed by atoms with Crippen LogP contribution in [0.1, 0.15) is 65.2 Å². The van der Waals surface area contributed by atoms with Gasteiger partial charge in [-0.1, -0.05) is 26.7 Å². The summed E-state index contributed by atoms with van der Waals surface area (Å²) in [5.41, 5.74) is 0. The summed E-state index contributed by atoms with van der Waals surface area (Å²) in [6, 6.07) is 0. The van der Waals surface area contributed by atoms with Crippen LogP contribution >= 0.6 is 0 Å². The molecule has 0 aromatic rings. The average molecular weight is 302 g/mol. The Morgan fingerprint density at radius 2 is 1.19 bits per heavy atom. The predicted molar refractivity (Wildman–Crippen MR) is 81.4 cm³/mol. The number of carbonyl (C=O) groups is 2. The highest BCUT2D eigenvalue weighted by Crippen LogP contribution is 2.14. The molecule has 21 heavy (non-hydrogen) atoms. The SMILES string of the molecule is CCC(CCCCOCCCCC(CC)C(=O)O)C(=O)O. The molecule has 2 unspecified atom stereocenters. The monoisotopic (exact) mass is 302 g/mol. The van der Waals surface area contributed by atoms with Crippen molar-refractivity contribution < 1.29 is 24.5 Å². The summed E-state index contributed by atoms with van der Waals surface area (Å²) in [4.78, 5) is 21.6. The molecular weight excluding hydrogens is 272 g/mol. The lowest BCUT2D eigenvalue weighted by Gasteiger charge is -2.10. The molecule has 0 aromatic heterocycles. The topological polar surface area (TPSA) is 83.8 Å². The van der Waals surface area contributed by atoms with E-state index in [2.05, 4.69) is 0 Å². The van der Waals surface area contributed by atoms with Crippen molar-refractivity contribution in [3.05, 3.63) is 0 Å². The van der Waals surface area contributed by atoms with Gasteiger partial charge < -0.3 is 14.9 Å². The van der Waals surface area contributed by atoms with Crippen molar-refractivity contribution in [3.8, 4) is 0 Å². The van der Waals surface area contributed by atoms with Crippen molar-refractivity contribution in [3.63, 3.8) is 0 Å². The van der Waals surface area contributed by atoms with E-state index in [9.17, 15) is 9.59 Å². The van der Waals surface area contributed by atoms with Crippen LogP contribution in [0.15, 0.2) is 0 Å². The summed E-state index contributed by atoms with van der Waals surface area (Å²) in [6.07, 6.45) is 6.31. The van der Waals surface area contributed by atoms with Crippen LogP contribution in [0.3, 0.4) is 0 Å². The van der Waals surface area contributed by atoms with Gasteiger partial charge in [-0.3, -0.25) is 9.59 Å². The van der Waals surface area contributed by atoms with Crippen molar-refractivity contribution in [2.24, 2.45) is 11.8 Å². The Bertz CT molecular complexity index is 262. The summed E-state index contributed by atoms with van der Waals surface area (Å²) in [7, 11) is 0. The molecule has 0 bridgehead atoms. The lowest BCUT2D eigenvalue weighted by molar-refractivity contribution is -0.143. The van der Waals surface area contributed by atoms with Crippen LogP contribution in [0.25, 0.3) is 0 Å². The first-order valence-corrected chi connectivity index (χ1v) is 8.06. The standard InChI is InChI=1S/C16H30O5/c1-3-13(15(17)18)9-5-7-11-21-12-8-6-10-14(4-2)16(19)20/h13-14H,3-12H2,1-2H3,(H,17,18)(H,19,20). The zero-order valence-electron chi connectivity index (χ0n) is 13.3. The first-order valence-electron chi connectivity index (χ1n) is 8.06. The summed E-state index contributed by atoms with van der Waals surface area (Å²) in [6.45, 7) is 5.12. The van der Waals surface area contributed by atoms with E-state index >= 15 is 0 Å². The van der Waals surface area contributed by atoms with Gasteiger partial charge in [0.15, 0.2) is 0 Å². The molecule has 0 amide bonds. The zero-order valence-corrected chi connectivity index (χ0v) is 13.3. The maximum atomic E-state index is 10.8. The molecule has 0 radical (unpaired) electrons. The molecular formula is C16H30O5. The highest BCUT2D eigenvalue weighted by molar-refractivity contribution is 5.70. The largest absolute Gasteiger partial charge is 0.481 e. The Morgan fingerprint density at radius 1 is 0.810 bits per heavy atom. The van der Waals surface area contributed by atoms with E-state index in [0.717, 1.165) is 25.7 Å². The third-order valence-electron chi connectivity index (χ3n) is 3.87. The van der Waals surface area contributed by atoms with E-state index in [-0.39, 0.29) is 11.8 Å². The molecule has 0 heterocycles. The number of ether oxygens (including phenoxy) is 1. The Labute approximate surface area is 127 Å². The minimum atomic E-state index is -0.706. The lowest BCUT2D eigenvalue weighted by atomic mass is 9.99. The van der Waals surface area contributed by atoms with Gasteiger partial charge >= 0.3 is 11.9 Å². The normalized spacial score (nSPS) is 13.8. The number of hydrogen-bond acceptors (Lipinski definition) is 3. The van der Waals surface area contributed by atoms with E-state index < -0.39 is 11.9 Å². The second-order valence-corrected chi connectivity index (χ2v) is 5.49. The molecule has 124 valence electrons. The number of hydrogen-bond donors (Lipinski definition) is 2. The molecule has 0 aliphatic rings. The number of rotatable bonds is 14. The lowest BCUT2D eigenvalue weighted by Crippen LogP contribution is -2.13. The molecule has 0 saturated heterocycles. The fraction of sp³-hybridized carbons (Fsp3) is 0.875. The van der Waals surface area contributed by atoms with Crippen molar-refractivity contribution in [1.29, 1.82) is 0 Å². The molecule has 0 spiro atoms. The predicted octanol–water partition coefficient (Wildman–Crippen LogP) is 3.57. The summed E-state index contributed by atoms with van der Waals surface area (Å²) < 4.78 is 5.49. The maximum Gasteiger partial charge on any atom is 0.306 e. The molecule has 0 fully saturated rings. The molecule has 2 N–H and O–H groups in total. The van der Waals surface area contributed by atoms with Gasteiger partial charge in [0.25, 0.3) is 0 Å². The molecule has 0 aliphatic carbocycles. The molecule has 0 rings (SSSR count). The smallest absolute Gasteiger partial charge is 0.306 e. The quantitative estimate of drug-likeness (QED) is 0.479. The van der Waals surface area contributed by atoms with E-state index in [1.165, 1.54) is 0 Å². The van der Waals surface area contributed by atoms with Crippen molar-refractivity contribution >= 4 is 11.9 Å². The van der Waals surface area contributed by atoms with Gasteiger partial charge in [0, 0.05) is 13.2 Å². The maximum absolute atomic E-state index is 10.8. The van der Waals surface area contributed by atoms with Crippen LogP contribution in [0.4, 0.5) is 0 Å². The van der Waals surface area contributed by atoms with E-state index in [0.29, 0.717) is 38.9 Å². The minimum Gasteiger partial charge on any atom is -0.481 e. The van der Waals surface area contributed by atoms with E-state index in [1.54, 1.807) is 0 Å². The second kappa shape index (κ2) is 12.6. The van der Waals surface area contributed by atoms with Crippen molar-refractivity contribution in [2.75, 3.05) is 13.2 Å². The fourth-order valence-electron chi connectivity index (χ4n) is 2.30. The van der Waals surface area contributed by atoms with Gasteiger partial charge in [0.1, 0.15) is 0 Å². The number of carboxylic acid groups (broad SMARTS) is 2. The Hall–Kier alpha value is -1.10. The van der Waals surface area contributed by atoms with Gasteiger partial charge in [0.2, 0.25) is 0 Å². The van der Waals surface area contributed by atoms with Crippen LogP contribution in [0, 0.1) is 11.8 Å². The Balaban J connectivity index is 3.41. The van der Waals surface area contributed by atoms with Crippen LogP contribution < -0.4 is 0 Å². The highest BCUT2D eigenvalue weighted by Gasteiger charge is 2.14. The Morgan fingerprint density at radius 3 is 1.48 bits per heavy atom. The fourth-order valence-corrected chi connectivity index (χ4v) is 2.30. The molecule has 0 aromatic carbocycles. The first kappa shape index (κ1) is 19.9. The number of aliphatic carboxylic acids is 2. The van der Waals surface area contributed by atoms with Gasteiger partial charge in [0.05, 0.1) is 11.8 Å². The van der Waals surface area contributed by atoms with Gasteiger partial charge in [-0.05, 0) is 38.5 Å². The van der Waals surface area contributed by atoms with Crippen LogP contribution in [-0.2, 0) is 14.3 Å². The van der Waals surface area contributed by atoms with Crippen molar-refractivity contribution in [1.82, 2.24) is 0 Å². The zero-order chi connectivity index (χ0) is 16.1. The number of unbranched alkanes of at least 4 members (excludes halogenated alkanes) is 2. The molecule has 0 saturated carbocycles. The third-order valence-corrected chi connectivity index (χ3v) is 3.87. The van der Waals surface area contributed by atoms with E-state index in [4.69, 9.17) is 14.9 Å². The highest BCUT2D eigenvalue weighted by atomic mass is 16.5. The van der Waals surface area contributed by atoms with Crippen LogP contribution in [0.2, 0.25) is 0 Å². The van der Waals surface area contributed by atoms with Crippen molar-refractivity contribution in [2.45, 2.75) is 65.2 Å². The summed E-state index contributed by atoms with van der Waals surface area (Å²) in [5, 5.41) is 17.8. The summed E-state index contributed by atoms with van der Waals surface area (Å²) in [5.74, 6) is -1.87. The Kier molecular flexibility index (Phi) is 12.0. The van der Waals surface area contributed by atoms with E-state index in [1.807, 2.05) is 13.8 Å².